The lowest BCUT2D eigenvalue weighted by atomic mass is 10.0. The Hall–Kier alpha value is -1.29. The third-order valence-corrected chi connectivity index (χ3v) is 2.27. The van der Waals surface area contributed by atoms with Crippen LogP contribution in [0.25, 0.3) is 0 Å². The first kappa shape index (κ1) is 11.8. The molecule has 0 fully saturated rings. The van der Waals surface area contributed by atoms with E-state index in [2.05, 4.69) is 0 Å². The van der Waals surface area contributed by atoms with Crippen LogP contribution in [-0.4, -0.2) is 14.2 Å². The molecule has 0 aliphatic carbocycles. The number of alkyl halides is 1. The summed E-state index contributed by atoms with van der Waals surface area (Å²) in [6, 6.07) is 3.15. The molecule has 0 saturated carbocycles. The maximum Gasteiger partial charge on any atom is 0.128 e. The van der Waals surface area contributed by atoms with Crippen LogP contribution in [0.15, 0.2) is 12.1 Å². The molecule has 3 nitrogen and oxygen atoms in total. The van der Waals surface area contributed by atoms with E-state index in [9.17, 15) is 4.39 Å². The minimum Gasteiger partial charge on any atom is -0.496 e. The van der Waals surface area contributed by atoms with Crippen molar-refractivity contribution in [2.75, 3.05) is 14.2 Å². The van der Waals surface area contributed by atoms with Gasteiger partial charge in [-0.3, -0.25) is 0 Å². The van der Waals surface area contributed by atoms with Crippen molar-refractivity contribution in [3.63, 3.8) is 0 Å². The minimum absolute atomic E-state index is 0.198. The summed E-state index contributed by atoms with van der Waals surface area (Å²) >= 11 is 0. The Morgan fingerprint density at radius 3 is 2.27 bits per heavy atom. The summed E-state index contributed by atoms with van der Waals surface area (Å²) in [4.78, 5) is 0. The predicted octanol–water partition coefficient (Wildman–Crippen LogP) is 2.19. The summed E-state index contributed by atoms with van der Waals surface area (Å²) in [7, 11) is 3.05. The minimum atomic E-state index is -0.577. The lowest BCUT2D eigenvalue weighted by Crippen LogP contribution is -2.08. The number of nitrogens with two attached hydrogens (primary N) is 1. The molecule has 1 aromatic rings. The predicted molar refractivity (Wildman–Crippen MR) is 57.0 cm³/mol. The summed E-state index contributed by atoms with van der Waals surface area (Å²) in [6.07, 6.45) is 0. The van der Waals surface area contributed by atoms with Gasteiger partial charge in [0.1, 0.15) is 18.2 Å². The molecule has 2 N–H and O–H groups in total. The molecular formula is C11H16FNO2. The fraction of sp³-hybridized carbons (Fsp3) is 0.455. The topological polar surface area (TPSA) is 44.5 Å². The first-order valence-corrected chi connectivity index (χ1v) is 4.70. The van der Waals surface area contributed by atoms with Crippen LogP contribution in [0.5, 0.6) is 11.5 Å². The Bertz CT molecular complexity index is 340. The summed E-state index contributed by atoms with van der Waals surface area (Å²) in [6.45, 7) is 1.25. The van der Waals surface area contributed by atoms with Gasteiger partial charge in [0.05, 0.1) is 14.2 Å². The van der Waals surface area contributed by atoms with E-state index < -0.39 is 6.67 Å². The van der Waals surface area contributed by atoms with Crippen molar-refractivity contribution < 1.29 is 13.9 Å². The second kappa shape index (κ2) is 4.98. The first-order chi connectivity index (χ1) is 7.13. The summed E-state index contributed by atoms with van der Waals surface area (Å²) in [5.74, 6) is 1.11. The van der Waals surface area contributed by atoms with Crippen molar-refractivity contribution in [2.24, 2.45) is 5.73 Å². The molecule has 1 aromatic carbocycles. The van der Waals surface area contributed by atoms with Crippen LogP contribution >= 0.6 is 0 Å². The molecule has 0 aromatic heterocycles. The van der Waals surface area contributed by atoms with E-state index in [1.807, 2.05) is 6.92 Å². The second-order valence-electron chi connectivity index (χ2n) is 3.33. The largest absolute Gasteiger partial charge is 0.496 e. The molecule has 0 heterocycles. The van der Waals surface area contributed by atoms with Crippen LogP contribution in [0.3, 0.4) is 0 Å². The van der Waals surface area contributed by atoms with Crippen molar-refractivity contribution >= 4 is 0 Å². The fourth-order valence-electron chi connectivity index (χ4n) is 1.45. The number of methoxy groups -OCH3 is 2. The van der Waals surface area contributed by atoms with Crippen LogP contribution in [0.1, 0.15) is 24.1 Å². The molecule has 1 rings (SSSR count). The van der Waals surface area contributed by atoms with E-state index in [1.54, 1.807) is 19.2 Å². The van der Waals surface area contributed by atoms with Gasteiger partial charge in [0.25, 0.3) is 0 Å². The molecule has 0 aliphatic rings. The molecule has 0 radical (unpaired) electrons. The van der Waals surface area contributed by atoms with Gasteiger partial charge in [0.2, 0.25) is 0 Å². The van der Waals surface area contributed by atoms with E-state index >= 15 is 0 Å². The fourth-order valence-corrected chi connectivity index (χ4v) is 1.45. The molecule has 0 amide bonds. The summed E-state index contributed by atoms with van der Waals surface area (Å²) < 4.78 is 22.9. The molecular weight excluding hydrogens is 197 g/mol. The molecule has 15 heavy (non-hydrogen) atoms. The zero-order valence-electron chi connectivity index (χ0n) is 9.21. The molecule has 84 valence electrons. The van der Waals surface area contributed by atoms with Gasteiger partial charge in [-0.05, 0) is 13.0 Å². The second-order valence-corrected chi connectivity index (χ2v) is 3.33. The van der Waals surface area contributed by atoms with Gasteiger partial charge in [0, 0.05) is 23.2 Å². The van der Waals surface area contributed by atoms with Gasteiger partial charge in [0.15, 0.2) is 0 Å². The average molecular weight is 213 g/mol. The van der Waals surface area contributed by atoms with E-state index in [0.29, 0.717) is 17.1 Å². The highest BCUT2D eigenvalue weighted by atomic mass is 19.1. The maximum atomic E-state index is 12.7. The van der Waals surface area contributed by atoms with E-state index in [4.69, 9.17) is 15.2 Å². The quantitative estimate of drug-likeness (QED) is 0.833. The number of hydrogen-bond acceptors (Lipinski definition) is 3. The van der Waals surface area contributed by atoms with Crippen molar-refractivity contribution in [2.45, 2.75) is 19.6 Å². The number of hydrogen-bond donors (Lipinski definition) is 1. The molecule has 1 unspecified atom stereocenters. The van der Waals surface area contributed by atoms with Gasteiger partial charge in [-0.2, -0.15) is 0 Å². The Kier molecular flexibility index (Phi) is 3.91. The molecule has 0 bridgehead atoms. The maximum absolute atomic E-state index is 12.7. The average Bonchev–Trinajstić information content (AvgIpc) is 2.26. The highest BCUT2D eigenvalue weighted by Crippen LogP contribution is 2.32. The summed E-state index contributed by atoms with van der Waals surface area (Å²) in [5, 5.41) is 0. The van der Waals surface area contributed by atoms with Gasteiger partial charge in [-0.25, -0.2) is 4.39 Å². The number of rotatable bonds is 4. The Morgan fingerprint density at radius 2 is 1.87 bits per heavy atom. The van der Waals surface area contributed by atoms with E-state index in [0.717, 1.165) is 5.56 Å². The normalized spacial score (nSPS) is 12.3. The van der Waals surface area contributed by atoms with Crippen molar-refractivity contribution in [3.05, 3.63) is 23.3 Å². The number of halogens is 1. The van der Waals surface area contributed by atoms with Gasteiger partial charge >= 0.3 is 0 Å². The van der Waals surface area contributed by atoms with E-state index in [1.165, 1.54) is 7.11 Å². The molecule has 4 heteroatoms. The third-order valence-electron chi connectivity index (χ3n) is 2.27. The lowest BCUT2D eigenvalue weighted by molar-refractivity contribution is 0.377. The van der Waals surface area contributed by atoms with E-state index in [-0.39, 0.29) is 6.04 Å². The van der Waals surface area contributed by atoms with Gasteiger partial charge in [-0.15, -0.1) is 0 Å². The van der Waals surface area contributed by atoms with Crippen molar-refractivity contribution in [1.82, 2.24) is 0 Å². The smallest absolute Gasteiger partial charge is 0.128 e. The highest BCUT2D eigenvalue weighted by molar-refractivity contribution is 5.47. The SMILES string of the molecule is COc1cc(OC)c(C(C)N)cc1CF. The van der Waals surface area contributed by atoms with Gasteiger partial charge < -0.3 is 15.2 Å². The highest BCUT2D eigenvalue weighted by Gasteiger charge is 2.13. The van der Waals surface area contributed by atoms with Gasteiger partial charge in [-0.1, -0.05) is 0 Å². The van der Waals surface area contributed by atoms with Crippen molar-refractivity contribution in [1.29, 1.82) is 0 Å². The summed E-state index contributed by atoms with van der Waals surface area (Å²) in [5.41, 5.74) is 7.04. The van der Waals surface area contributed by atoms with Crippen LogP contribution in [0.4, 0.5) is 4.39 Å². The molecule has 0 aliphatic heterocycles. The third kappa shape index (κ3) is 2.39. The van der Waals surface area contributed by atoms with Crippen LogP contribution in [-0.2, 0) is 6.67 Å². The zero-order valence-corrected chi connectivity index (χ0v) is 9.21. The monoisotopic (exact) mass is 213 g/mol. The van der Waals surface area contributed by atoms with Crippen LogP contribution < -0.4 is 15.2 Å². The molecule has 0 saturated heterocycles. The zero-order chi connectivity index (χ0) is 11.4. The lowest BCUT2D eigenvalue weighted by Gasteiger charge is -2.15. The Morgan fingerprint density at radius 1 is 1.27 bits per heavy atom. The Balaban J connectivity index is 3.27. The van der Waals surface area contributed by atoms with Crippen LogP contribution in [0.2, 0.25) is 0 Å². The standard InChI is InChI=1S/C11H16FNO2/c1-7(13)9-4-8(6-12)10(14-2)5-11(9)15-3/h4-5,7H,6,13H2,1-3H3. The molecule has 1 atom stereocenters. The van der Waals surface area contributed by atoms with Crippen LogP contribution in [0, 0.1) is 0 Å². The number of benzene rings is 1. The Labute approximate surface area is 89.0 Å². The first-order valence-electron chi connectivity index (χ1n) is 4.70. The van der Waals surface area contributed by atoms with Crippen molar-refractivity contribution in [3.8, 4) is 11.5 Å². The number of ether oxygens (including phenoxy) is 2. The molecule has 0 spiro atoms.